The first-order chi connectivity index (χ1) is 10.6. The van der Waals surface area contributed by atoms with Crippen molar-refractivity contribution in [2.45, 2.75) is 6.92 Å². The lowest BCUT2D eigenvalue weighted by atomic mass is 10.1. The molecule has 0 N–H and O–H groups in total. The van der Waals surface area contributed by atoms with Crippen LogP contribution >= 0.6 is 15.9 Å². The van der Waals surface area contributed by atoms with Gasteiger partial charge in [0, 0.05) is 41.9 Å². The molecule has 1 fully saturated rings. The summed E-state index contributed by atoms with van der Waals surface area (Å²) in [5, 5.41) is 0. The molecule has 4 heteroatoms. The Morgan fingerprint density at radius 1 is 1.00 bits per heavy atom. The van der Waals surface area contributed by atoms with Gasteiger partial charge in [0.2, 0.25) is 0 Å². The molecule has 22 heavy (non-hydrogen) atoms. The second-order valence-corrected chi connectivity index (χ2v) is 6.54. The molecular weight excluding hydrogens is 340 g/mol. The molecular formula is C18H19BrN2O. The molecule has 114 valence electrons. The third-order valence-corrected chi connectivity index (χ3v) is 4.50. The maximum Gasteiger partial charge on any atom is 0.253 e. The lowest BCUT2D eigenvalue weighted by Gasteiger charge is -2.36. The highest BCUT2D eigenvalue weighted by atomic mass is 79.9. The molecule has 0 bridgehead atoms. The zero-order valence-corrected chi connectivity index (χ0v) is 14.2. The summed E-state index contributed by atoms with van der Waals surface area (Å²) < 4.78 is 1.09. The topological polar surface area (TPSA) is 23.6 Å². The summed E-state index contributed by atoms with van der Waals surface area (Å²) >= 11 is 3.51. The van der Waals surface area contributed by atoms with E-state index in [2.05, 4.69) is 33.0 Å². The van der Waals surface area contributed by atoms with Crippen LogP contribution in [-0.2, 0) is 0 Å². The third kappa shape index (κ3) is 3.33. The third-order valence-electron chi connectivity index (χ3n) is 4.01. The van der Waals surface area contributed by atoms with Crippen molar-refractivity contribution in [1.82, 2.24) is 4.90 Å². The SMILES string of the molecule is Cc1cccc(C(=O)N2CCN(c3cccc(Br)c3)CC2)c1. The van der Waals surface area contributed by atoms with E-state index in [0.29, 0.717) is 0 Å². The van der Waals surface area contributed by atoms with Crippen LogP contribution in [0.1, 0.15) is 15.9 Å². The first-order valence-electron chi connectivity index (χ1n) is 7.50. The number of benzene rings is 2. The summed E-state index contributed by atoms with van der Waals surface area (Å²) in [6.07, 6.45) is 0. The van der Waals surface area contributed by atoms with E-state index in [4.69, 9.17) is 0 Å². The van der Waals surface area contributed by atoms with E-state index >= 15 is 0 Å². The number of aryl methyl sites for hydroxylation is 1. The van der Waals surface area contributed by atoms with Gasteiger partial charge in [0.15, 0.2) is 0 Å². The molecule has 1 aliphatic rings. The number of anilines is 1. The van der Waals surface area contributed by atoms with E-state index in [9.17, 15) is 4.79 Å². The number of rotatable bonds is 2. The molecule has 1 amide bonds. The lowest BCUT2D eigenvalue weighted by Crippen LogP contribution is -2.48. The van der Waals surface area contributed by atoms with Crippen LogP contribution in [-0.4, -0.2) is 37.0 Å². The Hall–Kier alpha value is -1.81. The van der Waals surface area contributed by atoms with Gasteiger partial charge in [-0.2, -0.15) is 0 Å². The largest absolute Gasteiger partial charge is 0.368 e. The van der Waals surface area contributed by atoms with Crippen LogP contribution in [0.25, 0.3) is 0 Å². The predicted octanol–water partition coefficient (Wildman–Crippen LogP) is 3.72. The maximum atomic E-state index is 12.5. The zero-order chi connectivity index (χ0) is 15.5. The molecule has 2 aromatic rings. The number of hydrogen-bond acceptors (Lipinski definition) is 2. The average Bonchev–Trinajstić information content (AvgIpc) is 2.54. The normalized spacial score (nSPS) is 15.0. The minimum Gasteiger partial charge on any atom is -0.368 e. The van der Waals surface area contributed by atoms with Gasteiger partial charge in [-0.15, -0.1) is 0 Å². The van der Waals surface area contributed by atoms with Gasteiger partial charge in [-0.3, -0.25) is 4.79 Å². The number of hydrogen-bond donors (Lipinski definition) is 0. The number of piperazine rings is 1. The number of halogens is 1. The van der Waals surface area contributed by atoms with Crippen molar-refractivity contribution in [1.29, 1.82) is 0 Å². The van der Waals surface area contributed by atoms with E-state index in [1.165, 1.54) is 5.69 Å². The quantitative estimate of drug-likeness (QED) is 0.816. The van der Waals surface area contributed by atoms with Crippen LogP contribution in [0.4, 0.5) is 5.69 Å². The van der Waals surface area contributed by atoms with Gasteiger partial charge in [-0.1, -0.05) is 39.7 Å². The number of amides is 1. The molecule has 1 aliphatic heterocycles. The molecule has 1 heterocycles. The number of carbonyl (C=O) groups is 1. The Kier molecular flexibility index (Phi) is 4.48. The molecule has 3 nitrogen and oxygen atoms in total. The van der Waals surface area contributed by atoms with Gasteiger partial charge in [0.1, 0.15) is 0 Å². The van der Waals surface area contributed by atoms with Crippen molar-refractivity contribution in [2.24, 2.45) is 0 Å². The summed E-state index contributed by atoms with van der Waals surface area (Å²) in [6.45, 7) is 5.28. The Bertz CT molecular complexity index is 678. The van der Waals surface area contributed by atoms with E-state index in [0.717, 1.165) is 41.8 Å². The minimum absolute atomic E-state index is 0.137. The highest BCUT2D eigenvalue weighted by Crippen LogP contribution is 2.21. The second kappa shape index (κ2) is 6.53. The zero-order valence-electron chi connectivity index (χ0n) is 12.6. The summed E-state index contributed by atoms with van der Waals surface area (Å²) in [5.41, 5.74) is 3.12. The molecule has 0 unspecified atom stereocenters. The first kappa shape index (κ1) is 15.1. The highest BCUT2D eigenvalue weighted by molar-refractivity contribution is 9.10. The number of carbonyl (C=O) groups excluding carboxylic acids is 1. The summed E-state index contributed by atoms with van der Waals surface area (Å²) in [4.78, 5) is 16.8. The minimum atomic E-state index is 0.137. The standard InChI is InChI=1S/C18H19BrN2O/c1-14-4-2-5-15(12-14)18(22)21-10-8-20(9-11-21)17-7-3-6-16(19)13-17/h2-7,12-13H,8-11H2,1H3. The van der Waals surface area contributed by atoms with Crippen LogP contribution in [0.15, 0.2) is 53.0 Å². The summed E-state index contributed by atoms with van der Waals surface area (Å²) in [7, 11) is 0. The molecule has 0 radical (unpaired) electrons. The van der Waals surface area contributed by atoms with Crippen LogP contribution in [0.3, 0.4) is 0 Å². The molecule has 1 saturated heterocycles. The second-order valence-electron chi connectivity index (χ2n) is 5.63. The molecule has 0 saturated carbocycles. The van der Waals surface area contributed by atoms with Crippen molar-refractivity contribution in [3.8, 4) is 0 Å². The monoisotopic (exact) mass is 358 g/mol. The van der Waals surface area contributed by atoms with Gasteiger partial charge >= 0.3 is 0 Å². The summed E-state index contributed by atoms with van der Waals surface area (Å²) in [5.74, 6) is 0.137. The van der Waals surface area contributed by atoms with Crippen LogP contribution in [0.5, 0.6) is 0 Å². The Labute approximate surface area is 139 Å². The van der Waals surface area contributed by atoms with Gasteiger partial charge in [-0.05, 0) is 37.3 Å². The lowest BCUT2D eigenvalue weighted by molar-refractivity contribution is 0.0746. The fourth-order valence-corrected chi connectivity index (χ4v) is 3.19. The highest BCUT2D eigenvalue weighted by Gasteiger charge is 2.22. The van der Waals surface area contributed by atoms with E-state index in [-0.39, 0.29) is 5.91 Å². The maximum absolute atomic E-state index is 12.5. The Balaban J connectivity index is 1.65. The van der Waals surface area contributed by atoms with Crippen LogP contribution < -0.4 is 4.90 Å². The summed E-state index contributed by atoms with van der Waals surface area (Å²) in [6, 6.07) is 16.1. The molecule has 0 aromatic heterocycles. The fraction of sp³-hybridized carbons (Fsp3) is 0.278. The van der Waals surface area contributed by atoms with Crippen molar-refractivity contribution in [3.05, 3.63) is 64.1 Å². The Morgan fingerprint density at radius 3 is 2.41 bits per heavy atom. The molecule has 0 spiro atoms. The Morgan fingerprint density at radius 2 is 1.73 bits per heavy atom. The van der Waals surface area contributed by atoms with Gasteiger partial charge in [0.25, 0.3) is 5.91 Å². The smallest absolute Gasteiger partial charge is 0.253 e. The van der Waals surface area contributed by atoms with Gasteiger partial charge < -0.3 is 9.80 Å². The molecule has 2 aromatic carbocycles. The molecule has 0 aliphatic carbocycles. The van der Waals surface area contributed by atoms with E-state index in [1.807, 2.05) is 48.2 Å². The van der Waals surface area contributed by atoms with Crippen molar-refractivity contribution < 1.29 is 4.79 Å². The van der Waals surface area contributed by atoms with Crippen LogP contribution in [0.2, 0.25) is 0 Å². The van der Waals surface area contributed by atoms with E-state index in [1.54, 1.807) is 0 Å². The predicted molar refractivity (Wildman–Crippen MR) is 93.4 cm³/mol. The van der Waals surface area contributed by atoms with Gasteiger partial charge in [0.05, 0.1) is 0 Å². The van der Waals surface area contributed by atoms with Crippen molar-refractivity contribution in [2.75, 3.05) is 31.1 Å². The molecule has 3 rings (SSSR count). The first-order valence-corrected chi connectivity index (χ1v) is 8.29. The van der Waals surface area contributed by atoms with Crippen molar-refractivity contribution in [3.63, 3.8) is 0 Å². The number of nitrogens with zero attached hydrogens (tertiary/aromatic N) is 2. The fourth-order valence-electron chi connectivity index (χ4n) is 2.80. The van der Waals surface area contributed by atoms with E-state index < -0.39 is 0 Å². The average molecular weight is 359 g/mol. The van der Waals surface area contributed by atoms with Crippen molar-refractivity contribution >= 4 is 27.5 Å². The molecule has 0 atom stereocenters. The van der Waals surface area contributed by atoms with Gasteiger partial charge in [-0.25, -0.2) is 0 Å². The van der Waals surface area contributed by atoms with Crippen LogP contribution in [0, 0.1) is 6.92 Å².